The SMILES string of the molecule is O=C1CCC/C1=C1\NCCNC1=O. The maximum Gasteiger partial charge on any atom is 0.267 e. The van der Waals surface area contributed by atoms with Crippen LogP contribution in [-0.4, -0.2) is 24.8 Å². The summed E-state index contributed by atoms with van der Waals surface area (Å²) < 4.78 is 0. The van der Waals surface area contributed by atoms with Crippen LogP contribution in [0.1, 0.15) is 19.3 Å². The summed E-state index contributed by atoms with van der Waals surface area (Å²) in [5, 5.41) is 5.71. The monoisotopic (exact) mass is 180 g/mol. The Balaban J connectivity index is 2.29. The van der Waals surface area contributed by atoms with Crippen molar-refractivity contribution in [3.63, 3.8) is 0 Å². The summed E-state index contributed by atoms with van der Waals surface area (Å²) in [5.74, 6) is -0.00366. The summed E-state index contributed by atoms with van der Waals surface area (Å²) in [6.45, 7) is 1.36. The van der Waals surface area contributed by atoms with Crippen LogP contribution in [0.5, 0.6) is 0 Å². The highest BCUT2D eigenvalue weighted by Gasteiger charge is 2.26. The molecule has 2 rings (SSSR count). The van der Waals surface area contributed by atoms with Crippen LogP contribution in [0.15, 0.2) is 11.3 Å². The molecule has 0 bridgehead atoms. The smallest absolute Gasteiger partial charge is 0.267 e. The molecule has 4 heteroatoms. The van der Waals surface area contributed by atoms with E-state index in [2.05, 4.69) is 10.6 Å². The number of ketones is 1. The van der Waals surface area contributed by atoms with Crippen LogP contribution in [0.3, 0.4) is 0 Å². The quantitative estimate of drug-likeness (QED) is 0.504. The van der Waals surface area contributed by atoms with Crippen molar-refractivity contribution in [3.05, 3.63) is 11.3 Å². The third-order valence-corrected chi connectivity index (χ3v) is 2.41. The van der Waals surface area contributed by atoms with Crippen molar-refractivity contribution in [2.24, 2.45) is 0 Å². The van der Waals surface area contributed by atoms with E-state index < -0.39 is 0 Å². The molecule has 0 aromatic heterocycles. The first-order chi connectivity index (χ1) is 6.29. The molecule has 1 saturated carbocycles. The van der Waals surface area contributed by atoms with Gasteiger partial charge >= 0.3 is 0 Å². The van der Waals surface area contributed by atoms with Crippen molar-refractivity contribution in [1.82, 2.24) is 10.6 Å². The molecule has 0 atom stereocenters. The van der Waals surface area contributed by atoms with E-state index >= 15 is 0 Å². The third kappa shape index (κ3) is 1.43. The van der Waals surface area contributed by atoms with Gasteiger partial charge in [0.15, 0.2) is 5.78 Å². The Labute approximate surface area is 76.4 Å². The molecule has 70 valence electrons. The van der Waals surface area contributed by atoms with Gasteiger partial charge in [0.2, 0.25) is 0 Å². The fourth-order valence-corrected chi connectivity index (χ4v) is 1.76. The maximum absolute atomic E-state index is 11.3. The molecule has 0 aromatic carbocycles. The number of amides is 1. The lowest BCUT2D eigenvalue weighted by atomic mass is 10.1. The molecule has 0 unspecified atom stereocenters. The maximum atomic E-state index is 11.3. The Morgan fingerprint density at radius 3 is 2.38 bits per heavy atom. The lowest BCUT2D eigenvalue weighted by Crippen LogP contribution is -2.44. The molecule has 1 aliphatic carbocycles. The highest BCUT2D eigenvalue weighted by atomic mass is 16.2. The third-order valence-electron chi connectivity index (χ3n) is 2.41. The van der Waals surface area contributed by atoms with Gasteiger partial charge in [-0.25, -0.2) is 0 Å². The zero-order valence-corrected chi connectivity index (χ0v) is 7.35. The van der Waals surface area contributed by atoms with Crippen LogP contribution in [0.2, 0.25) is 0 Å². The molecule has 4 nitrogen and oxygen atoms in total. The van der Waals surface area contributed by atoms with Gasteiger partial charge in [-0.05, 0) is 12.8 Å². The van der Waals surface area contributed by atoms with Gasteiger partial charge in [-0.3, -0.25) is 9.59 Å². The van der Waals surface area contributed by atoms with Crippen molar-refractivity contribution in [2.45, 2.75) is 19.3 Å². The van der Waals surface area contributed by atoms with Gasteiger partial charge in [-0.1, -0.05) is 0 Å². The van der Waals surface area contributed by atoms with Gasteiger partial charge in [0.25, 0.3) is 5.91 Å². The van der Waals surface area contributed by atoms with Crippen LogP contribution in [0, 0.1) is 0 Å². The minimum Gasteiger partial charge on any atom is -0.379 e. The minimum absolute atomic E-state index is 0.125. The van der Waals surface area contributed by atoms with E-state index in [0.717, 1.165) is 19.4 Å². The van der Waals surface area contributed by atoms with Crippen LogP contribution in [0.25, 0.3) is 0 Å². The molecule has 2 N–H and O–H groups in total. The van der Waals surface area contributed by atoms with Gasteiger partial charge in [-0.15, -0.1) is 0 Å². The molecule has 0 radical (unpaired) electrons. The average molecular weight is 180 g/mol. The largest absolute Gasteiger partial charge is 0.379 e. The number of carbonyl (C=O) groups excluding carboxylic acids is 2. The average Bonchev–Trinajstić information content (AvgIpc) is 2.52. The molecule has 1 amide bonds. The predicted molar refractivity (Wildman–Crippen MR) is 46.9 cm³/mol. The van der Waals surface area contributed by atoms with Crippen molar-refractivity contribution in [1.29, 1.82) is 0 Å². The first-order valence-corrected chi connectivity index (χ1v) is 4.57. The van der Waals surface area contributed by atoms with E-state index in [9.17, 15) is 9.59 Å². The van der Waals surface area contributed by atoms with E-state index in [-0.39, 0.29) is 11.7 Å². The summed E-state index contributed by atoms with van der Waals surface area (Å²) in [6.07, 6.45) is 2.22. The van der Waals surface area contributed by atoms with Gasteiger partial charge in [-0.2, -0.15) is 0 Å². The lowest BCUT2D eigenvalue weighted by Gasteiger charge is -2.18. The Hall–Kier alpha value is -1.32. The minimum atomic E-state index is -0.128. The van der Waals surface area contributed by atoms with Crippen LogP contribution < -0.4 is 10.6 Å². The Bertz CT molecular complexity index is 294. The molecule has 1 saturated heterocycles. The van der Waals surface area contributed by atoms with Crippen LogP contribution in [-0.2, 0) is 9.59 Å². The zero-order valence-electron chi connectivity index (χ0n) is 7.35. The van der Waals surface area contributed by atoms with E-state index in [1.165, 1.54) is 0 Å². The highest BCUT2D eigenvalue weighted by Crippen LogP contribution is 2.23. The highest BCUT2D eigenvalue weighted by molar-refractivity contribution is 6.06. The standard InChI is InChI=1S/C9H12N2O2/c12-7-3-1-2-6(7)8-9(13)11-5-4-10-8/h10H,1-5H2,(H,11,13)/b8-6+. The first-order valence-electron chi connectivity index (χ1n) is 4.57. The number of nitrogens with one attached hydrogen (secondary N) is 2. The van der Waals surface area contributed by atoms with Gasteiger partial charge in [0.1, 0.15) is 5.70 Å². The number of Topliss-reactive ketones (excluding diaryl/α,β-unsaturated/α-hetero) is 1. The lowest BCUT2D eigenvalue weighted by molar-refractivity contribution is -0.119. The molecular weight excluding hydrogens is 168 g/mol. The molecular formula is C9H12N2O2. The van der Waals surface area contributed by atoms with Crippen LogP contribution >= 0.6 is 0 Å². The van der Waals surface area contributed by atoms with Gasteiger partial charge < -0.3 is 10.6 Å². The zero-order chi connectivity index (χ0) is 9.26. The number of rotatable bonds is 0. The molecule has 1 heterocycles. The molecule has 2 aliphatic rings. The predicted octanol–water partition coefficient (Wildman–Crippen LogP) is -0.287. The Kier molecular flexibility index (Phi) is 2.04. The van der Waals surface area contributed by atoms with Crippen molar-refractivity contribution in [3.8, 4) is 0 Å². The van der Waals surface area contributed by atoms with Crippen molar-refractivity contribution < 1.29 is 9.59 Å². The van der Waals surface area contributed by atoms with Crippen LogP contribution in [0.4, 0.5) is 0 Å². The fourth-order valence-electron chi connectivity index (χ4n) is 1.76. The Morgan fingerprint density at radius 1 is 1.00 bits per heavy atom. The van der Waals surface area contributed by atoms with Crippen molar-refractivity contribution in [2.75, 3.05) is 13.1 Å². The van der Waals surface area contributed by atoms with Crippen molar-refractivity contribution >= 4 is 11.7 Å². The number of carbonyl (C=O) groups is 2. The number of piperazine rings is 1. The van der Waals surface area contributed by atoms with E-state index in [4.69, 9.17) is 0 Å². The number of hydrogen-bond acceptors (Lipinski definition) is 3. The summed E-state index contributed by atoms with van der Waals surface area (Å²) in [4.78, 5) is 22.7. The summed E-state index contributed by atoms with van der Waals surface area (Å²) >= 11 is 0. The second-order valence-electron chi connectivity index (χ2n) is 3.31. The van der Waals surface area contributed by atoms with Gasteiger partial charge in [0, 0.05) is 25.1 Å². The normalized spacial score (nSPS) is 28.6. The molecule has 13 heavy (non-hydrogen) atoms. The van der Waals surface area contributed by atoms with E-state index in [1.807, 2.05) is 0 Å². The van der Waals surface area contributed by atoms with Gasteiger partial charge in [0.05, 0.1) is 0 Å². The number of hydrogen-bond donors (Lipinski definition) is 2. The fraction of sp³-hybridized carbons (Fsp3) is 0.556. The van der Waals surface area contributed by atoms with E-state index in [1.54, 1.807) is 0 Å². The summed E-state index contributed by atoms with van der Waals surface area (Å²) in [5.41, 5.74) is 1.20. The number of allylic oxidation sites excluding steroid dienone is 1. The topological polar surface area (TPSA) is 58.2 Å². The van der Waals surface area contributed by atoms with E-state index in [0.29, 0.717) is 24.2 Å². The Morgan fingerprint density at radius 2 is 1.77 bits per heavy atom. The molecule has 1 aliphatic heterocycles. The molecule has 2 fully saturated rings. The molecule has 0 spiro atoms. The second-order valence-corrected chi connectivity index (χ2v) is 3.31. The summed E-state index contributed by atoms with van der Waals surface area (Å²) in [7, 11) is 0. The molecule has 0 aromatic rings. The summed E-state index contributed by atoms with van der Waals surface area (Å²) in [6, 6.07) is 0. The first kappa shape index (κ1) is 8.29. The second kappa shape index (κ2) is 3.20.